The number of hydrogen-bond donors (Lipinski definition) is 3. The third kappa shape index (κ3) is 62.2. The molecule has 0 spiro atoms. The van der Waals surface area contributed by atoms with Crippen molar-refractivity contribution < 1.29 is 80.2 Å². The predicted molar refractivity (Wildman–Crippen MR) is 363 cm³/mol. The molecule has 0 aliphatic rings. The topological polar surface area (TPSA) is 237 Å². The van der Waals surface area contributed by atoms with Gasteiger partial charge in [-0.05, 0) is 49.4 Å². The summed E-state index contributed by atoms with van der Waals surface area (Å²) in [5.74, 6) is 0.866. The second kappa shape index (κ2) is 60.7. The maximum atomic E-state index is 13.0. The van der Waals surface area contributed by atoms with Gasteiger partial charge in [-0.3, -0.25) is 37.3 Å². The van der Waals surface area contributed by atoms with Gasteiger partial charge >= 0.3 is 39.5 Å². The molecule has 17 nitrogen and oxygen atoms in total. The fourth-order valence-electron chi connectivity index (χ4n) is 10.6. The molecule has 0 aliphatic heterocycles. The van der Waals surface area contributed by atoms with Gasteiger partial charge in [0.1, 0.15) is 19.3 Å². The van der Waals surface area contributed by atoms with Gasteiger partial charge in [-0.2, -0.15) is 0 Å². The lowest BCUT2D eigenvalue weighted by Gasteiger charge is -2.21. The Morgan fingerprint density at radius 1 is 0.311 bits per heavy atom. The van der Waals surface area contributed by atoms with E-state index in [0.29, 0.717) is 25.7 Å². The van der Waals surface area contributed by atoms with Crippen molar-refractivity contribution in [3.63, 3.8) is 0 Å². The maximum absolute atomic E-state index is 13.0. The summed E-state index contributed by atoms with van der Waals surface area (Å²) in [5.41, 5.74) is 0. The van der Waals surface area contributed by atoms with Crippen molar-refractivity contribution in [3.8, 4) is 0 Å². The van der Waals surface area contributed by atoms with Gasteiger partial charge in [0.05, 0.1) is 26.4 Å². The molecule has 0 aromatic rings. The molecule has 0 saturated carbocycles. The summed E-state index contributed by atoms with van der Waals surface area (Å²) in [7, 11) is -9.90. The number of aliphatic hydroxyl groups is 1. The number of phosphoric acid groups is 2. The number of hydrogen-bond acceptors (Lipinski definition) is 15. The van der Waals surface area contributed by atoms with Gasteiger partial charge in [0, 0.05) is 25.7 Å². The summed E-state index contributed by atoms with van der Waals surface area (Å²) in [6, 6.07) is 0. The zero-order valence-corrected chi connectivity index (χ0v) is 60.6. The molecule has 19 heteroatoms. The minimum atomic E-state index is -4.95. The molecular formula is C71H138O17P2. The minimum absolute atomic E-state index is 0.102. The van der Waals surface area contributed by atoms with E-state index in [1.54, 1.807) is 0 Å². The molecule has 0 aliphatic carbocycles. The molecule has 0 rings (SSSR count). The molecule has 0 fully saturated rings. The molecule has 0 bridgehead atoms. The number of aliphatic hydroxyl groups excluding tert-OH is 1. The zero-order valence-electron chi connectivity index (χ0n) is 58.8. The van der Waals surface area contributed by atoms with E-state index in [1.165, 1.54) is 148 Å². The van der Waals surface area contributed by atoms with E-state index >= 15 is 0 Å². The van der Waals surface area contributed by atoms with E-state index < -0.39 is 97.5 Å². The number of unbranched alkanes of at least 4 members (excludes halogenated alkanes) is 32. The number of rotatable bonds is 68. The van der Waals surface area contributed by atoms with Crippen LogP contribution in [0, 0.1) is 23.7 Å². The van der Waals surface area contributed by atoms with E-state index in [-0.39, 0.29) is 25.7 Å². The van der Waals surface area contributed by atoms with Gasteiger partial charge in [-0.15, -0.1) is 0 Å². The van der Waals surface area contributed by atoms with E-state index in [2.05, 4.69) is 55.4 Å². The third-order valence-electron chi connectivity index (χ3n) is 17.0. The molecule has 7 atom stereocenters. The molecule has 534 valence electrons. The van der Waals surface area contributed by atoms with Crippen molar-refractivity contribution in [2.75, 3.05) is 39.6 Å². The van der Waals surface area contributed by atoms with Crippen LogP contribution < -0.4 is 0 Å². The van der Waals surface area contributed by atoms with Gasteiger partial charge in [-0.25, -0.2) is 9.13 Å². The largest absolute Gasteiger partial charge is 0.472 e. The molecule has 0 heterocycles. The van der Waals surface area contributed by atoms with Crippen LogP contribution in [0.25, 0.3) is 0 Å². The lowest BCUT2D eigenvalue weighted by Crippen LogP contribution is -2.30. The number of carbonyl (C=O) groups excluding carboxylic acids is 4. The Morgan fingerprint density at radius 3 is 0.789 bits per heavy atom. The van der Waals surface area contributed by atoms with Crippen LogP contribution in [0.3, 0.4) is 0 Å². The standard InChI is InChI=1S/C71H138O17P2/c1-9-63(7)49-41-33-27-29-36-44-52-69(74)82-58-66(87-70(75)53-45-37-26-21-17-15-13-11-12-14-16-19-23-31-39-47-61(3)4)59-85-89(77,78)83-55-65(72)56-84-90(79,80)86-60-67(88-71(76)54-46-38-30-28-34-42-50-64(8)10-2)57-81-68(73)51-43-35-25-22-18-20-24-32-40-48-62(5)6/h61-67,72H,9-60H2,1-8H3,(H,77,78)(H,79,80)/t63?,64?,65-,66+,67+/m0/s1. The van der Waals surface area contributed by atoms with E-state index in [1.807, 2.05) is 0 Å². The first-order chi connectivity index (χ1) is 43.2. The molecule has 0 saturated heterocycles. The van der Waals surface area contributed by atoms with Crippen molar-refractivity contribution in [1.29, 1.82) is 0 Å². The van der Waals surface area contributed by atoms with Gasteiger partial charge in [0.25, 0.3) is 0 Å². The van der Waals surface area contributed by atoms with Crippen molar-refractivity contribution in [3.05, 3.63) is 0 Å². The summed E-state index contributed by atoms with van der Waals surface area (Å²) in [6.45, 7) is 14.1. The van der Waals surface area contributed by atoms with Gasteiger partial charge < -0.3 is 33.8 Å². The van der Waals surface area contributed by atoms with Crippen LogP contribution in [0.15, 0.2) is 0 Å². The molecule has 4 unspecified atom stereocenters. The first-order valence-corrected chi connectivity index (χ1v) is 39.8. The van der Waals surface area contributed by atoms with Crippen LogP contribution >= 0.6 is 15.6 Å². The zero-order chi connectivity index (χ0) is 66.8. The quantitative estimate of drug-likeness (QED) is 0.0222. The number of esters is 4. The highest BCUT2D eigenvalue weighted by molar-refractivity contribution is 7.47. The van der Waals surface area contributed by atoms with Crippen LogP contribution in [-0.4, -0.2) is 96.7 Å². The highest BCUT2D eigenvalue weighted by atomic mass is 31.2. The molecule has 0 amide bonds. The lowest BCUT2D eigenvalue weighted by molar-refractivity contribution is -0.161. The maximum Gasteiger partial charge on any atom is 0.472 e. The Hall–Kier alpha value is -1.94. The van der Waals surface area contributed by atoms with Crippen LogP contribution in [0.1, 0.15) is 351 Å². The Morgan fingerprint density at radius 2 is 0.533 bits per heavy atom. The van der Waals surface area contributed by atoms with Crippen molar-refractivity contribution in [1.82, 2.24) is 0 Å². The molecule has 0 aromatic heterocycles. The number of ether oxygens (including phenoxy) is 4. The smallest absolute Gasteiger partial charge is 0.462 e. The Kier molecular flexibility index (Phi) is 59.4. The van der Waals surface area contributed by atoms with Crippen LogP contribution in [0.5, 0.6) is 0 Å². The van der Waals surface area contributed by atoms with Crippen LogP contribution in [0.2, 0.25) is 0 Å². The predicted octanol–water partition coefficient (Wildman–Crippen LogP) is 20.1. The summed E-state index contributed by atoms with van der Waals surface area (Å²) in [5, 5.41) is 10.6. The summed E-state index contributed by atoms with van der Waals surface area (Å²) < 4.78 is 68.3. The SMILES string of the molecule is CCC(C)CCCCCCCCC(=O)OC[C@H](COP(=O)(O)OC[C@H](O)COP(=O)(O)OC[C@@H](COC(=O)CCCCCCCCCCCC(C)C)OC(=O)CCCCCCCCC(C)CC)OC(=O)CCCCCCCCCCCCCCCCCC(C)C. The number of carbonyl (C=O) groups is 4. The highest BCUT2D eigenvalue weighted by Crippen LogP contribution is 2.45. The fourth-order valence-corrected chi connectivity index (χ4v) is 12.2. The summed E-state index contributed by atoms with van der Waals surface area (Å²) in [4.78, 5) is 72.5. The number of phosphoric ester groups is 2. The second-order valence-corrected chi connectivity index (χ2v) is 30.0. The van der Waals surface area contributed by atoms with Crippen LogP contribution in [0.4, 0.5) is 0 Å². The third-order valence-corrected chi connectivity index (χ3v) is 18.9. The molecule has 0 radical (unpaired) electrons. The van der Waals surface area contributed by atoms with Gasteiger partial charge in [-0.1, -0.05) is 299 Å². The Bertz CT molecular complexity index is 1790. The van der Waals surface area contributed by atoms with Crippen molar-refractivity contribution in [2.24, 2.45) is 23.7 Å². The summed E-state index contributed by atoms with van der Waals surface area (Å²) in [6.07, 6.45) is 43.2. The Labute approximate surface area is 549 Å². The Balaban J connectivity index is 5.22. The first kappa shape index (κ1) is 88.1. The minimum Gasteiger partial charge on any atom is -0.462 e. The van der Waals surface area contributed by atoms with Crippen molar-refractivity contribution in [2.45, 2.75) is 369 Å². The second-order valence-electron chi connectivity index (χ2n) is 27.1. The lowest BCUT2D eigenvalue weighted by atomic mass is 10.00. The average Bonchev–Trinajstić information content (AvgIpc) is 2.43. The highest BCUT2D eigenvalue weighted by Gasteiger charge is 2.30. The summed E-state index contributed by atoms with van der Waals surface area (Å²) >= 11 is 0. The molecule has 0 aromatic carbocycles. The van der Waals surface area contributed by atoms with Gasteiger partial charge in [0.15, 0.2) is 12.2 Å². The molecule has 90 heavy (non-hydrogen) atoms. The molecule has 3 N–H and O–H groups in total. The van der Waals surface area contributed by atoms with E-state index in [9.17, 15) is 43.2 Å². The van der Waals surface area contributed by atoms with Gasteiger partial charge in [0.2, 0.25) is 0 Å². The monoisotopic (exact) mass is 1320 g/mol. The normalized spacial score (nSPS) is 14.9. The molecular weight excluding hydrogens is 1190 g/mol. The fraction of sp³-hybridized carbons (Fsp3) is 0.944. The first-order valence-electron chi connectivity index (χ1n) is 36.8. The van der Waals surface area contributed by atoms with Crippen LogP contribution in [-0.2, 0) is 65.4 Å². The van der Waals surface area contributed by atoms with E-state index in [4.69, 9.17) is 37.0 Å². The average molecular weight is 1330 g/mol. The van der Waals surface area contributed by atoms with E-state index in [0.717, 1.165) is 120 Å². The van der Waals surface area contributed by atoms with Crippen molar-refractivity contribution >= 4 is 39.5 Å².